The van der Waals surface area contributed by atoms with Gasteiger partial charge in [0.05, 0.1) is 22.7 Å². The van der Waals surface area contributed by atoms with Crippen molar-refractivity contribution in [1.82, 2.24) is 10.3 Å². The first-order valence-corrected chi connectivity index (χ1v) is 8.79. The third-order valence-electron chi connectivity index (χ3n) is 4.26. The van der Waals surface area contributed by atoms with Crippen molar-refractivity contribution in [3.8, 4) is 0 Å². The maximum Gasteiger partial charge on any atom is 0.226 e. The van der Waals surface area contributed by atoms with Crippen LogP contribution in [-0.4, -0.2) is 23.0 Å². The predicted octanol–water partition coefficient (Wildman–Crippen LogP) is 2.77. The second kappa shape index (κ2) is 7.70. The lowest BCUT2D eigenvalue weighted by Gasteiger charge is -2.33. The molecule has 0 saturated carbocycles. The third-order valence-corrected chi connectivity index (χ3v) is 5.16. The van der Waals surface area contributed by atoms with Crippen molar-refractivity contribution in [2.45, 2.75) is 39.2 Å². The Balaban J connectivity index is 1.95. The largest absolute Gasteiger partial charge is 0.349 e. The fraction of sp³-hybridized carbons (Fsp3) is 0.444. The molecule has 2 aromatic rings. The van der Waals surface area contributed by atoms with Gasteiger partial charge in [-0.2, -0.15) is 0 Å². The first kappa shape index (κ1) is 17.6. The summed E-state index contributed by atoms with van der Waals surface area (Å²) in [5.74, 6) is 0.253. The monoisotopic (exact) mass is 331 g/mol. The summed E-state index contributed by atoms with van der Waals surface area (Å²) in [4.78, 5) is 16.8. The van der Waals surface area contributed by atoms with Gasteiger partial charge in [-0.05, 0) is 18.4 Å². The van der Waals surface area contributed by atoms with Crippen LogP contribution in [0.5, 0.6) is 0 Å². The van der Waals surface area contributed by atoms with Crippen LogP contribution < -0.4 is 11.1 Å². The Kier molecular flexibility index (Phi) is 5.91. The van der Waals surface area contributed by atoms with Gasteiger partial charge in [-0.1, -0.05) is 44.2 Å². The normalized spacial score (nSPS) is 13.8. The van der Waals surface area contributed by atoms with E-state index in [1.807, 2.05) is 30.5 Å². The van der Waals surface area contributed by atoms with Crippen LogP contribution in [0.1, 0.15) is 37.0 Å². The van der Waals surface area contributed by atoms with Gasteiger partial charge in [0, 0.05) is 18.3 Å². The van der Waals surface area contributed by atoms with E-state index in [0.29, 0.717) is 13.0 Å². The fourth-order valence-corrected chi connectivity index (χ4v) is 3.07. The minimum atomic E-state index is -0.375. The van der Waals surface area contributed by atoms with Crippen LogP contribution in [0.3, 0.4) is 0 Å². The van der Waals surface area contributed by atoms with Gasteiger partial charge in [-0.25, -0.2) is 4.98 Å². The average Bonchev–Trinajstić information content (AvgIpc) is 2.94. The molecule has 4 nitrogen and oxygen atoms in total. The van der Waals surface area contributed by atoms with E-state index in [9.17, 15) is 4.79 Å². The number of hydrogen-bond acceptors (Lipinski definition) is 4. The highest BCUT2D eigenvalue weighted by atomic mass is 32.1. The topological polar surface area (TPSA) is 68.0 Å². The number of hydrogen-bond donors (Lipinski definition) is 2. The van der Waals surface area contributed by atoms with Crippen molar-refractivity contribution >= 4 is 17.2 Å². The zero-order chi connectivity index (χ0) is 16.9. The number of amides is 1. The van der Waals surface area contributed by atoms with Crippen LogP contribution in [-0.2, 0) is 17.6 Å². The number of nitrogens with zero attached hydrogens (tertiary/aromatic N) is 1. The molecule has 1 unspecified atom stereocenters. The SMILES string of the molecule is CC(C)C(C)(CN)NC(=O)Cc1csc(Cc2ccccc2)n1. The number of nitrogens with two attached hydrogens (primary N) is 1. The number of aromatic nitrogens is 1. The predicted molar refractivity (Wildman–Crippen MR) is 95.5 cm³/mol. The van der Waals surface area contributed by atoms with E-state index in [-0.39, 0.29) is 17.4 Å². The third kappa shape index (κ3) is 4.88. The summed E-state index contributed by atoms with van der Waals surface area (Å²) in [6.45, 7) is 6.53. The quantitative estimate of drug-likeness (QED) is 0.820. The number of carbonyl (C=O) groups excluding carboxylic acids is 1. The molecule has 0 aliphatic heterocycles. The molecule has 0 spiro atoms. The van der Waals surface area contributed by atoms with Crippen molar-refractivity contribution in [1.29, 1.82) is 0 Å². The maximum atomic E-state index is 12.3. The fourth-order valence-electron chi connectivity index (χ4n) is 2.24. The van der Waals surface area contributed by atoms with Crippen molar-refractivity contribution in [3.63, 3.8) is 0 Å². The van der Waals surface area contributed by atoms with E-state index in [1.165, 1.54) is 5.56 Å². The Labute approximate surface area is 142 Å². The summed E-state index contributed by atoms with van der Waals surface area (Å²) >= 11 is 1.60. The maximum absolute atomic E-state index is 12.3. The zero-order valence-corrected chi connectivity index (χ0v) is 14.8. The second-order valence-electron chi connectivity index (χ2n) is 6.40. The van der Waals surface area contributed by atoms with Crippen molar-refractivity contribution in [2.24, 2.45) is 11.7 Å². The van der Waals surface area contributed by atoms with Crippen LogP contribution in [0.15, 0.2) is 35.7 Å². The number of thiazole rings is 1. The van der Waals surface area contributed by atoms with Gasteiger partial charge < -0.3 is 11.1 Å². The van der Waals surface area contributed by atoms with Crippen molar-refractivity contribution < 1.29 is 4.79 Å². The van der Waals surface area contributed by atoms with Gasteiger partial charge >= 0.3 is 0 Å². The first-order valence-electron chi connectivity index (χ1n) is 7.91. The first-order chi connectivity index (χ1) is 10.9. The molecule has 0 aliphatic carbocycles. The number of benzene rings is 1. The standard InChI is InChI=1S/C18H25N3OS/c1-13(2)18(3,12-19)21-16(22)10-15-11-23-17(20-15)9-14-7-5-4-6-8-14/h4-8,11,13H,9-10,12,19H2,1-3H3,(H,21,22). The molecule has 23 heavy (non-hydrogen) atoms. The second-order valence-corrected chi connectivity index (χ2v) is 7.34. The van der Waals surface area contributed by atoms with E-state index < -0.39 is 0 Å². The summed E-state index contributed by atoms with van der Waals surface area (Å²) in [6, 6.07) is 10.2. The Morgan fingerprint density at radius 3 is 2.65 bits per heavy atom. The highest BCUT2D eigenvalue weighted by Gasteiger charge is 2.28. The summed E-state index contributed by atoms with van der Waals surface area (Å²) in [5.41, 5.74) is 7.49. The molecule has 0 bridgehead atoms. The molecule has 2 rings (SSSR count). The average molecular weight is 331 g/mol. The van der Waals surface area contributed by atoms with Crippen molar-refractivity contribution in [3.05, 3.63) is 52.0 Å². The van der Waals surface area contributed by atoms with Crippen LogP contribution in [0.2, 0.25) is 0 Å². The van der Waals surface area contributed by atoms with Crippen LogP contribution >= 0.6 is 11.3 Å². The van der Waals surface area contributed by atoms with Gasteiger partial charge in [-0.15, -0.1) is 11.3 Å². The molecule has 5 heteroatoms. The smallest absolute Gasteiger partial charge is 0.226 e. The molecular weight excluding hydrogens is 306 g/mol. The molecule has 0 aliphatic rings. The van der Waals surface area contributed by atoms with E-state index >= 15 is 0 Å². The lowest BCUT2D eigenvalue weighted by molar-refractivity contribution is -0.122. The van der Waals surface area contributed by atoms with Crippen LogP contribution in [0.4, 0.5) is 0 Å². The minimum Gasteiger partial charge on any atom is -0.349 e. The summed E-state index contributed by atoms with van der Waals surface area (Å²) < 4.78 is 0. The van der Waals surface area contributed by atoms with Gasteiger partial charge in [-0.3, -0.25) is 4.79 Å². The summed E-state index contributed by atoms with van der Waals surface area (Å²) in [5, 5.41) is 6.05. The molecule has 0 fully saturated rings. The summed E-state index contributed by atoms with van der Waals surface area (Å²) in [6.07, 6.45) is 1.10. The lowest BCUT2D eigenvalue weighted by atomic mass is 9.88. The summed E-state index contributed by atoms with van der Waals surface area (Å²) in [7, 11) is 0. The van der Waals surface area contributed by atoms with E-state index in [0.717, 1.165) is 17.1 Å². The molecular formula is C18H25N3OS. The highest BCUT2D eigenvalue weighted by molar-refractivity contribution is 7.09. The molecule has 1 heterocycles. The number of carbonyl (C=O) groups is 1. The number of rotatable bonds is 7. The Morgan fingerprint density at radius 1 is 1.35 bits per heavy atom. The molecule has 1 aromatic carbocycles. The van der Waals surface area contributed by atoms with Gasteiger partial charge in [0.25, 0.3) is 0 Å². The highest BCUT2D eigenvalue weighted by Crippen LogP contribution is 2.17. The molecule has 3 N–H and O–H groups in total. The molecule has 1 aromatic heterocycles. The Hall–Kier alpha value is -1.72. The van der Waals surface area contributed by atoms with Gasteiger partial charge in [0.1, 0.15) is 0 Å². The van der Waals surface area contributed by atoms with E-state index in [1.54, 1.807) is 11.3 Å². The Bertz CT molecular complexity index is 639. The zero-order valence-electron chi connectivity index (χ0n) is 14.0. The molecule has 0 radical (unpaired) electrons. The van der Waals surface area contributed by atoms with Crippen LogP contribution in [0, 0.1) is 5.92 Å². The molecule has 1 atom stereocenters. The molecule has 1 amide bonds. The van der Waals surface area contributed by atoms with Crippen molar-refractivity contribution in [2.75, 3.05) is 6.54 Å². The molecule has 124 valence electrons. The van der Waals surface area contributed by atoms with E-state index in [4.69, 9.17) is 5.73 Å². The van der Waals surface area contributed by atoms with E-state index in [2.05, 4.69) is 36.3 Å². The minimum absolute atomic E-state index is 0.0248. The molecule has 0 saturated heterocycles. The van der Waals surface area contributed by atoms with Gasteiger partial charge in [0.15, 0.2) is 0 Å². The lowest BCUT2D eigenvalue weighted by Crippen LogP contribution is -2.55. The number of nitrogens with one attached hydrogen (secondary N) is 1. The van der Waals surface area contributed by atoms with Crippen LogP contribution in [0.25, 0.3) is 0 Å². The van der Waals surface area contributed by atoms with Gasteiger partial charge in [0.2, 0.25) is 5.91 Å². The Morgan fingerprint density at radius 2 is 2.04 bits per heavy atom.